The van der Waals surface area contributed by atoms with E-state index in [0.717, 1.165) is 18.5 Å². The van der Waals surface area contributed by atoms with Crippen LogP contribution in [0.25, 0.3) is 0 Å². The molecule has 2 aromatic rings. The van der Waals surface area contributed by atoms with Gasteiger partial charge in [-0.25, -0.2) is 8.78 Å². The summed E-state index contributed by atoms with van der Waals surface area (Å²) < 4.78 is 27.7. The summed E-state index contributed by atoms with van der Waals surface area (Å²) >= 11 is 3.16. The normalized spacial score (nSPS) is 12.4. The average molecular weight is 341 g/mol. The summed E-state index contributed by atoms with van der Waals surface area (Å²) in [5.41, 5.74) is 1.31. The van der Waals surface area contributed by atoms with Crippen LogP contribution >= 0.6 is 15.9 Å². The highest BCUT2D eigenvalue weighted by Crippen LogP contribution is 2.27. The monoisotopic (exact) mass is 340 g/mol. The van der Waals surface area contributed by atoms with Gasteiger partial charge in [-0.15, -0.1) is 0 Å². The molecular weight excluding hydrogens is 326 g/mol. The number of pyridine rings is 1. The molecule has 106 valence electrons. The Morgan fingerprint density at radius 1 is 1.25 bits per heavy atom. The molecule has 1 N–H and O–H groups in total. The van der Waals surface area contributed by atoms with Crippen LogP contribution in [0.5, 0.6) is 0 Å². The summed E-state index contributed by atoms with van der Waals surface area (Å²) in [7, 11) is 0. The predicted molar refractivity (Wildman–Crippen MR) is 78.4 cm³/mol. The third-order valence-corrected chi connectivity index (χ3v) is 3.60. The number of benzene rings is 1. The molecule has 2 nitrogen and oxygen atoms in total. The molecule has 1 atom stereocenters. The van der Waals surface area contributed by atoms with E-state index in [1.54, 1.807) is 24.4 Å². The quantitative estimate of drug-likeness (QED) is 0.881. The van der Waals surface area contributed by atoms with E-state index in [4.69, 9.17) is 0 Å². The highest BCUT2D eigenvalue weighted by atomic mass is 79.9. The third kappa shape index (κ3) is 3.41. The summed E-state index contributed by atoms with van der Waals surface area (Å²) in [6.07, 6.45) is 3.66. The summed E-state index contributed by atoms with van der Waals surface area (Å²) in [6, 6.07) is 6.02. The first kappa shape index (κ1) is 15.1. The molecule has 0 saturated heterocycles. The molecule has 20 heavy (non-hydrogen) atoms. The number of halogens is 3. The van der Waals surface area contributed by atoms with Gasteiger partial charge in [0.25, 0.3) is 0 Å². The van der Waals surface area contributed by atoms with Gasteiger partial charge in [-0.05, 0) is 52.7 Å². The highest BCUT2D eigenvalue weighted by molar-refractivity contribution is 9.10. The van der Waals surface area contributed by atoms with Crippen molar-refractivity contribution in [1.82, 2.24) is 10.3 Å². The van der Waals surface area contributed by atoms with Gasteiger partial charge in [-0.1, -0.05) is 13.0 Å². The molecule has 0 aliphatic heterocycles. The molecule has 0 aliphatic rings. The van der Waals surface area contributed by atoms with Crippen LogP contribution in [-0.4, -0.2) is 11.5 Å². The molecule has 5 heteroatoms. The van der Waals surface area contributed by atoms with Crippen molar-refractivity contribution in [1.29, 1.82) is 0 Å². The number of nitrogens with one attached hydrogen (secondary N) is 1. The van der Waals surface area contributed by atoms with Crippen molar-refractivity contribution in [3.63, 3.8) is 0 Å². The van der Waals surface area contributed by atoms with Crippen molar-refractivity contribution in [3.8, 4) is 0 Å². The third-order valence-electron chi connectivity index (χ3n) is 2.99. The Morgan fingerprint density at radius 2 is 2.05 bits per heavy atom. The van der Waals surface area contributed by atoms with E-state index in [2.05, 4.69) is 26.2 Å². The maximum absolute atomic E-state index is 13.9. The van der Waals surface area contributed by atoms with Crippen LogP contribution in [0.2, 0.25) is 0 Å². The van der Waals surface area contributed by atoms with E-state index < -0.39 is 0 Å². The van der Waals surface area contributed by atoms with Crippen LogP contribution in [0, 0.1) is 11.6 Å². The minimum atomic E-state index is -0.374. The number of nitrogens with zero attached hydrogens (tertiary/aromatic N) is 1. The zero-order valence-corrected chi connectivity index (χ0v) is 12.6. The standard InChI is InChI=1S/C15H15BrF2N2/c1-2-6-20-15(11-5-7-19-9-14(11)18)10-3-4-13(17)12(16)8-10/h3-5,7-9,15,20H,2,6H2,1H3. The van der Waals surface area contributed by atoms with Gasteiger partial charge in [0.1, 0.15) is 11.6 Å². The van der Waals surface area contributed by atoms with Crippen molar-refractivity contribution >= 4 is 15.9 Å². The van der Waals surface area contributed by atoms with Crippen LogP contribution in [0.4, 0.5) is 8.78 Å². The molecular formula is C15H15BrF2N2. The van der Waals surface area contributed by atoms with Gasteiger partial charge in [0.2, 0.25) is 0 Å². The number of hydrogen-bond acceptors (Lipinski definition) is 2. The second-order valence-electron chi connectivity index (χ2n) is 4.46. The minimum Gasteiger partial charge on any atom is -0.306 e. The van der Waals surface area contributed by atoms with E-state index in [1.165, 1.54) is 12.3 Å². The number of aromatic nitrogens is 1. The van der Waals surface area contributed by atoms with Crippen LogP contribution < -0.4 is 5.32 Å². The SMILES string of the molecule is CCCNC(c1ccc(F)c(Br)c1)c1ccncc1F. The van der Waals surface area contributed by atoms with Crippen molar-refractivity contribution in [2.24, 2.45) is 0 Å². The van der Waals surface area contributed by atoms with E-state index >= 15 is 0 Å². The molecule has 1 aromatic carbocycles. The summed E-state index contributed by atoms with van der Waals surface area (Å²) in [5.74, 6) is -0.709. The lowest BCUT2D eigenvalue weighted by Crippen LogP contribution is -2.24. The van der Waals surface area contributed by atoms with Gasteiger partial charge in [0.15, 0.2) is 0 Å². The maximum atomic E-state index is 13.9. The largest absolute Gasteiger partial charge is 0.306 e. The lowest BCUT2D eigenvalue weighted by atomic mass is 9.99. The molecule has 0 fully saturated rings. The summed E-state index contributed by atoms with van der Waals surface area (Å²) in [6.45, 7) is 2.77. The van der Waals surface area contributed by atoms with Crippen LogP contribution in [-0.2, 0) is 0 Å². The summed E-state index contributed by atoms with van der Waals surface area (Å²) in [4.78, 5) is 3.76. The van der Waals surface area contributed by atoms with Gasteiger partial charge in [-0.2, -0.15) is 0 Å². The molecule has 2 rings (SSSR count). The molecule has 1 aromatic heterocycles. The molecule has 1 unspecified atom stereocenters. The Morgan fingerprint density at radius 3 is 2.70 bits per heavy atom. The Kier molecular flexibility index (Phi) is 5.20. The molecule has 0 aliphatic carbocycles. The van der Waals surface area contributed by atoms with E-state index in [1.807, 2.05) is 6.92 Å². The molecule has 0 amide bonds. The molecule has 0 bridgehead atoms. The van der Waals surface area contributed by atoms with Crippen molar-refractivity contribution < 1.29 is 8.78 Å². The molecule has 1 heterocycles. The predicted octanol–water partition coefficient (Wildman–Crippen LogP) is 4.21. The van der Waals surface area contributed by atoms with Crippen LogP contribution in [0.3, 0.4) is 0 Å². The number of hydrogen-bond donors (Lipinski definition) is 1. The molecule has 0 saturated carbocycles. The second-order valence-corrected chi connectivity index (χ2v) is 5.31. The molecule has 0 spiro atoms. The fourth-order valence-corrected chi connectivity index (χ4v) is 2.40. The van der Waals surface area contributed by atoms with Gasteiger partial charge in [-0.3, -0.25) is 4.98 Å². The van der Waals surface area contributed by atoms with E-state index in [9.17, 15) is 8.78 Å². The first-order valence-electron chi connectivity index (χ1n) is 6.41. The van der Waals surface area contributed by atoms with Gasteiger partial charge >= 0.3 is 0 Å². The fraction of sp³-hybridized carbons (Fsp3) is 0.267. The lowest BCUT2D eigenvalue weighted by molar-refractivity contribution is 0.541. The van der Waals surface area contributed by atoms with Gasteiger partial charge in [0, 0.05) is 11.8 Å². The van der Waals surface area contributed by atoms with Gasteiger partial charge < -0.3 is 5.32 Å². The lowest BCUT2D eigenvalue weighted by Gasteiger charge is -2.20. The first-order chi connectivity index (χ1) is 9.63. The Labute approximate surface area is 125 Å². The Hall–Kier alpha value is -1.33. The minimum absolute atomic E-state index is 0.324. The van der Waals surface area contributed by atoms with Crippen molar-refractivity contribution in [2.75, 3.05) is 6.54 Å². The van der Waals surface area contributed by atoms with Crippen molar-refractivity contribution in [3.05, 3.63) is 63.9 Å². The number of rotatable bonds is 5. The molecule has 0 radical (unpaired) electrons. The fourth-order valence-electron chi connectivity index (χ4n) is 2.01. The smallest absolute Gasteiger partial charge is 0.146 e. The zero-order valence-electron chi connectivity index (χ0n) is 11.0. The van der Waals surface area contributed by atoms with Crippen LogP contribution in [0.1, 0.15) is 30.5 Å². The highest BCUT2D eigenvalue weighted by Gasteiger charge is 2.18. The maximum Gasteiger partial charge on any atom is 0.146 e. The first-order valence-corrected chi connectivity index (χ1v) is 7.20. The Bertz CT molecular complexity index is 590. The topological polar surface area (TPSA) is 24.9 Å². The van der Waals surface area contributed by atoms with E-state index in [-0.39, 0.29) is 17.7 Å². The average Bonchev–Trinajstić information content (AvgIpc) is 2.44. The second kappa shape index (κ2) is 6.90. The Balaban J connectivity index is 2.41. The van der Waals surface area contributed by atoms with E-state index in [0.29, 0.717) is 10.0 Å². The zero-order chi connectivity index (χ0) is 14.5. The van der Waals surface area contributed by atoms with Gasteiger partial charge in [0.05, 0.1) is 16.7 Å². The summed E-state index contributed by atoms with van der Waals surface area (Å²) in [5, 5.41) is 3.28. The van der Waals surface area contributed by atoms with Crippen molar-refractivity contribution in [2.45, 2.75) is 19.4 Å². The van der Waals surface area contributed by atoms with Crippen LogP contribution in [0.15, 0.2) is 41.1 Å².